The van der Waals surface area contributed by atoms with Crippen molar-refractivity contribution < 1.29 is 23.8 Å². The number of unbranched alkanes of at least 4 members (excludes halogenated alkanes) is 2. The van der Waals surface area contributed by atoms with Gasteiger partial charge in [0.25, 0.3) is 5.91 Å². The Morgan fingerprint density at radius 2 is 1.72 bits per heavy atom. The van der Waals surface area contributed by atoms with Crippen molar-refractivity contribution in [2.24, 2.45) is 0 Å². The Morgan fingerprint density at radius 3 is 2.41 bits per heavy atom. The Kier molecular flexibility index (Phi) is 9.02. The zero-order valence-electron chi connectivity index (χ0n) is 17.3. The second-order valence-electron chi connectivity index (χ2n) is 6.54. The first-order valence-electron chi connectivity index (χ1n) is 10.0. The minimum atomic E-state index is -0.714. The Morgan fingerprint density at radius 1 is 1.00 bits per heavy atom. The first kappa shape index (κ1) is 22.3. The minimum Gasteiger partial charge on any atom is -0.492 e. The summed E-state index contributed by atoms with van der Waals surface area (Å²) in [5.41, 5.74) is 1.08. The number of benzene rings is 2. The van der Waals surface area contributed by atoms with Crippen molar-refractivity contribution in [1.82, 2.24) is 0 Å². The van der Waals surface area contributed by atoms with Crippen molar-refractivity contribution in [3.05, 3.63) is 54.1 Å². The molecule has 1 atom stereocenters. The molecular weight excluding hydrogens is 370 g/mol. The van der Waals surface area contributed by atoms with Crippen LogP contribution in [0.3, 0.4) is 0 Å². The van der Waals surface area contributed by atoms with Gasteiger partial charge in [-0.15, -0.1) is 0 Å². The van der Waals surface area contributed by atoms with Crippen molar-refractivity contribution in [2.75, 3.05) is 18.5 Å². The molecule has 0 aliphatic heterocycles. The van der Waals surface area contributed by atoms with E-state index in [0.29, 0.717) is 36.0 Å². The maximum Gasteiger partial charge on any atom is 0.347 e. The van der Waals surface area contributed by atoms with E-state index in [0.717, 1.165) is 19.3 Å². The molecular formula is C23H29NO5. The molecule has 0 aliphatic rings. The van der Waals surface area contributed by atoms with Gasteiger partial charge in [0.1, 0.15) is 11.5 Å². The highest BCUT2D eigenvalue weighted by Crippen LogP contribution is 2.24. The van der Waals surface area contributed by atoms with E-state index < -0.39 is 12.1 Å². The monoisotopic (exact) mass is 399 g/mol. The third-order valence-corrected chi connectivity index (χ3v) is 4.19. The molecule has 0 saturated carbocycles. The maximum absolute atomic E-state index is 12.5. The SMILES string of the molecule is CCCCCOC(=O)[C@@H](C)Oc1ccc(C(=O)Nc2ccccc2OCC)cc1. The molecule has 0 spiro atoms. The van der Waals surface area contributed by atoms with E-state index in [1.165, 1.54) is 0 Å². The summed E-state index contributed by atoms with van der Waals surface area (Å²) in [6, 6.07) is 13.9. The fourth-order valence-corrected chi connectivity index (χ4v) is 2.63. The molecule has 0 heterocycles. The predicted octanol–water partition coefficient (Wildman–Crippen LogP) is 4.84. The molecule has 0 aliphatic carbocycles. The number of rotatable bonds is 11. The first-order chi connectivity index (χ1) is 14.0. The van der Waals surface area contributed by atoms with Crippen LogP contribution in [0.25, 0.3) is 0 Å². The van der Waals surface area contributed by atoms with Gasteiger partial charge in [-0.05, 0) is 56.7 Å². The van der Waals surface area contributed by atoms with Gasteiger partial charge >= 0.3 is 5.97 Å². The number of nitrogens with one attached hydrogen (secondary N) is 1. The summed E-state index contributed by atoms with van der Waals surface area (Å²) in [5.74, 6) is 0.464. The normalized spacial score (nSPS) is 11.4. The molecule has 0 radical (unpaired) electrons. The number of esters is 1. The first-order valence-corrected chi connectivity index (χ1v) is 10.0. The van der Waals surface area contributed by atoms with Crippen LogP contribution in [0.1, 0.15) is 50.4 Å². The second-order valence-corrected chi connectivity index (χ2v) is 6.54. The van der Waals surface area contributed by atoms with Crippen molar-refractivity contribution in [3.63, 3.8) is 0 Å². The van der Waals surface area contributed by atoms with Crippen molar-refractivity contribution in [3.8, 4) is 11.5 Å². The maximum atomic E-state index is 12.5. The molecule has 0 bridgehead atoms. The van der Waals surface area contributed by atoms with Gasteiger partial charge < -0.3 is 19.5 Å². The summed E-state index contributed by atoms with van der Waals surface area (Å²) >= 11 is 0. The zero-order valence-corrected chi connectivity index (χ0v) is 17.3. The van der Waals surface area contributed by atoms with Crippen molar-refractivity contribution >= 4 is 17.6 Å². The van der Waals surface area contributed by atoms with Crippen LogP contribution in [0.5, 0.6) is 11.5 Å². The van der Waals surface area contributed by atoms with Crippen LogP contribution in [0.4, 0.5) is 5.69 Å². The Balaban J connectivity index is 1.91. The number of para-hydroxylation sites is 2. The van der Waals surface area contributed by atoms with Crippen LogP contribution in [-0.4, -0.2) is 31.2 Å². The molecule has 1 amide bonds. The van der Waals surface area contributed by atoms with E-state index in [2.05, 4.69) is 12.2 Å². The third kappa shape index (κ3) is 7.14. The molecule has 156 valence electrons. The van der Waals surface area contributed by atoms with E-state index in [4.69, 9.17) is 14.2 Å². The number of hydrogen-bond donors (Lipinski definition) is 1. The van der Waals surface area contributed by atoms with Gasteiger partial charge in [0.15, 0.2) is 6.10 Å². The molecule has 0 saturated heterocycles. The molecule has 6 nitrogen and oxygen atoms in total. The van der Waals surface area contributed by atoms with Gasteiger partial charge in [0.05, 0.1) is 18.9 Å². The van der Waals surface area contributed by atoms with Crippen LogP contribution < -0.4 is 14.8 Å². The average Bonchev–Trinajstić information content (AvgIpc) is 2.73. The van der Waals surface area contributed by atoms with Crippen LogP contribution in [0.15, 0.2) is 48.5 Å². The number of anilines is 1. The Labute approximate surface area is 172 Å². The number of carbonyl (C=O) groups excluding carboxylic acids is 2. The lowest BCUT2D eigenvalue weighted by molar-refractivity contribution is -0.151. The van der Waals surface area contributed by atoms with E-state index in [1.807, 2.05) is 19.1 Å². The largest absolute Gasteiger partial charge is 0.492 e. The second kappa shape index (κ2) is 11.7. The third-order valence-electron chi connectivity index (χ3n) is 4.19. The lowest BCUT2D eigenvalue weighted by Gasteiger charge is -2.14. The summed E-state index contributed by atoms with van der Waals surface area (Å²) in [7, 11) is 0. The van der Waals surface area contributed by atoms with Crippen molar-refractivity contribution in [2.45, 2.75) is 46.1 Å². The molecule has 0 unspecified atom stereocenters. The van der Waals surface area contributed by atoms with Crippen molar-refractivity contribution in [1.29, 1.82) is 0 Å². The lowest BCUT2D eigenvalue weighted by atomic mass is 10.2. The average molecular weight is 399 g/mol. The molecule has 1 N–H and O–H groups in total. The Bertz CT molecular complexity index is 788. The molecule has 0 aromatic heterocycles. The number of amides is 1. The van der Waals surface area contributed by atoms with Gasteiger partial charge in [0, 0.05) is 5.56 Å². The highest BCUT2D eigenvalue weighted by Gasteiger charge is 2.16. The van der Waals surface area contributed by atoms with E-state index >= 15 is 0 Å². The summed E-state index contributed by atoms with van der Waals surface area (Å²) in [5, 5.41) is 2.84. The minimum absolute atomic E-state index is 0.257. The molecule has 2 aromatic rings. The summed E-state index contributed by atoms with van der Waals surface area (Å²) in [6.45, 7) is 6.54. The van der Waals surface area contributed by atoms with Gasteiger partial charge in [-0.3, -0.25) is 4.79 Å². The summed E-state index contributed by atoms with van der Waals surface area (Å²) < 4.78 is 16.3. The van der Waals surface area contributed by atoms with Gasteiger partial charge in [-0.2, -0.15) is 0 Å². The van der Waals surface area contributed by atoms with Crippen LogP contribution in [-0.2, 0) is 9.53 Å². The summed E-state index contributed by atoms with van der Waals surface area (Å²) in [4.78, 5) is 24.5. The predicted molar refractivity (Wildman–Crippen MR) is 113 cm³/mol. The van der Waals surface area contributed by atoms with Crippen LogP contribution in [0, 0.1) is 0 Å². The van der Waals surface area contributed by atoms with Gasteiger partial charge in [-0.1, -0.05) is 31.9 Å². The smallest absolute Gasteiger partial charge is 0.347 e. The van der Waals surface area contributed by atoms with Crippen LogP contribution >= 0.6 is 0 Å². The van der Waals surface area contributed by atoms with E-state index in [9.17, 15) is 9.59 Å². The van der Waals surface area contributed by atoms with Gasteiger partial charge in [-0.25, -0.2) is 4.79 Å². The highest BCUT2D eigenvalue weighted by molar-refractivity contribution is 6.05. The van der Waals surface area contributed by atoms with E-state index in [1.54, 1.807) is 43.3 Å². The zero-order chi connectivity index (χ0) is 21.1. The Hall–Kier alpha value is -3.02. The van der Waals surface area contributed by atoms with Gasteiger partial charge in [0.2, 0.25) is 0 Å². The fraction of sp³-hybridized carbons (Fsp3) is 0.391. The molecule has 29 heavy (non-hydrogen) atoms. The molecule has 6 heteroatoms. The standard InChI is InChI=1S/C23H29NO5/c1-4-6-9-16-28-23(26)17(3)29-19-14-12-18(13-15-19)22(25)24-20-10-7-8-11-21(20)27-5-2/h7-8,10-15,17H,4-6,9,16H2,1-3H3,(H,24,25)/t17-/m1/s1. The number of hydrogen-bond acceptors (Lipinski definition) is 5. The van der Waals surface area contributed by atoms with Crippen LogP contribution in [0.2, 0.25) is 0 Å². The quantitative estimate of drug-likeness (QED) is 0.432. The summed E-state index contributed by atoms with van der Waals surface area (Å²) in [6.07, 6.45) is 2.24. The molecule has 2 aromatic carbocycles. The van der Waals surface area contributed by atoms with E-state index in [-0.39, 0.29) is 5.91 Å². The highest BCUT2D eigenvalue weighted by atomic mass is 16.6. The number of ether oxygens (including phenoxy) is 3. The fourth-order valence-electron chi connectivity index (χ4n) is 2.63. The number of carbonyl (C=O) groups is 2. The molecule has 0 fully saturated rings. The topological polar surface area (TPSA) is 73.9 Å². The lowest BCUT2D eigenvalue weighted by Crippen LogP contribution is -2.26. The molecule has 2 rings (SSSR count).